The minimum Gasteiger partial charge on any atom is -0.398 e. The first kappa shape index (κ1) is 13.9. The van der Waals surface area contributed by atoms with Crippen LogP contribution in [0.3, 0.4) is 0 Å². The number of hydrogen-bond donors (Lipinski definition) is 3. The zero-order chi connectivity index (χ0) is 14.2. The van der Waals surface area contributed by atoms with E-state index in [1.807, 2.05) is 6.92 Å². The standard InChI is InChI=1S/C11H13BrN4O2S/c1-6-7(2)14-15-11(6)16-19(17,18)10-4-3-8(12)5-9(10)13/h3-5H,13H2,1-2H3,(H2,14,15,16). The summed E-state index contributed by atoms with van der Waals surface area (Å²) in [5.41, 5.74) is 7.46. The summed E-state index contributed by atoms with van der Waals surface area (Å²) in [4.78, 5) is 0.0238. The number of anilines is 2. The zero-order valence-electron chi connectivity index (χ0n) is 10.4. The largest absolute Gasteiger partial charge is 0.398 e. The van der Waals surface area contributed by atoms with Crippen molar-refractivity contribution >= 4 is 37.5 Å². The molecule has 0 saturated carbocycles. The number of rotatable bonds is 3. The van der Waals surface area contributed by atoms with Crippen LogP contribution in [0.2, 0.25) is 0 Å². The van der Waals surface area contributed by atoms with Crippen LogP contribution in [0.4, 0.5) is 11.5 Å². The van der Waals surface area contributed by atoms with Gasteiger partial charge in [0, 0.05) is 15.7 Å². The Hall–Kier alpha value is -1.54. The van der Waals surface area contributed by atoms with Crippen molar-refractivity contribution in [3.63, 3.8) is 0 Å². The van der Waals surface area contributed by atoms with Gasteiger partial charge in [-0.1, -0.05) is 15.9 Å². The van der Waals surface area contributed by atoms with E-state index in [-0.39, 0.29) is 16.4 Å². The smallest absolute Gasteiger partial charge is 0.265 e. The first-order chi connectivity index (χ1) is 8.81. The van der Waals surface area contributed by atoms with Gasteiger partial charge in [-0.25, -0.2) is 8.42 Å². The van der Waals surface area contributed by atoms with Crippen molar-refractivity contribution in [2.75, 3.05) is 10.5 Å². The van der Waals surface area contributed by atoms with Crippen molar-refractivity contribution in [1.82, 2.24) is 10.2 Å². The Bertz CT molecular complexity index is 724. The molecule has 0 aliphatic rings. The van der Waals surface area contributed by atoms with Crippen molar-refractivity contribution in [2.45, 2.75) is 18.7 Å². The molecule has 1 heterocycles. The Morgan fingerprint density at radius 2 is 2.05 bits per heavy atom. The lowest BCUT2D eigenvalue weighted by molar-refractivity contribution is 0.601. The van der Waals surface area contributed by atoms with Gasteiger partial charge in [-0.15, -0.1) is 0 Å². The summed E-state index contributed by atoms with van der Waals surface area (Å²) < 4.78 is 27.6. The number of hydrogen-bond acceptors (Lipinski definition) is 4. The highest BCUT2D eigenvalue weighted by molar-refractivity contribution is 9.10. The summed E-state index contributed by atoms with van der Waals surface area (Å²) in [6, 6.07) is 4.60. The highest BCUT2D eigenvalue weighted by Gasteiger charge is 2.20. The lowest BCUT2D eigenvalue weighted by Gasteiger charge is -2.09. The minimum atomic E-state index is -3.75. The number of sulfonamides is 1. The predicted molar refractivity (Wildman–Crippen MR) is 77.4 cm³/mol. The summed E-state index contributed by atoms with van der Waals surface area (Å²) in [5.74, 6) is 0.278. The summed E-state index contributed by atoms with van der Waals surface area (Å²) in [6.07, 6.45) is 0. The molecule has 0 saturated heterocycles. The third-order valence-corrected chi connectivity index (χ3v) is 4.65. The van der Waals surface area contributed by atoms with Gasteiger partial charge in [-0.2, -0.15) is 5.10 Å². The van der Waals surface area contributed by atoms with Crippen LogP contribution in [0.25, 0.3) is 0 Å². The van der Waals surface area contributed by atoms with Crippen LogP contribution in [0, 0.1) is 13.8 Å². The van der Waals surface area contributed by atoms with Gasteiger partial charge in [-0.05, 0) is 32.0 Å². The minimum absolute atomic E-state index is 0.0238. The number of nitrogens with zero attached hydrogens (tertiary/aromatic N) is 1. The van der Waals surface area contributed by atoms with Crippen LogP contribution in [0.1, 0.15) is 11.3 Å². The average molecular weight is 345 g/mol. The maximum atomic E-state index is 12.2. The topological polar surface area (TPSA) is 101 Å². The Kier molecular flexibility index (Phi) is 3.55. The molecule has 0 bridgehead atoms. The molecule has 1 aromatic heterocycles. The number of nitrogens with one attached hydrogen (secondary N) is 2. The number of H-pyrrole nitrogens is 1. The molecule has 0 spiro atoms. The van der Waals surface area contributed by atoms with E-state index in [4.69, 9.17) is 5.73 Å². The third-order valence-electron chi connectivity index (χ3n) is 2.75. The van der Waals surface area contributed by atoms with E-state index in [0.29, 0.717) is 0 Å². The van der Waals surface area contributed by atoms with Gasteiger partial charge in [0.25, 0.3) is 10.0 Å². The van der Waals surface area contributed by atoms with Crippen molar-refractivity contribution < 1.29 is 8.42 Å². The molecule has 0 aliphatic carbocycles. The van der Waals surface area contributed by atoms with Crippen LogP contribution in [-0.4, -0.2) is 18.6 Å². The molecular weight excluding hydrogens is 332 g/mol. The Balaban J connectivity index is 2.41. The maximum Gasteiger partial charge on any atom is 0.265 e. The highest BCUT2D eigenvalue weighted by atomic mass is 79.9. The number of aromatic amines is 1. The Labute approximate surface area is 119 Å². The van der Waals surface area contributed by atoms with Gasteiger partial charge in [0.15, 0.2) is 5.82 Å². The summed E-state index contributed by atoms with van der Waals surface area (Å²) >= 11 is 3.23. The van der Waals surface area contributed by atoms with Crippen molar-refractivity contribution in [2.24, 2.45) is 0 Å². The van der Waals surface area contributed by atoms with Crippen LogP contribution >= 0.6 is 15.9 Å². The fraction of sp³-hybridized carbons (Fsp3) is 0.182. The zero-order valence-corrected chi connectivity index (χ0v) is 12.8. The first-order valence-corrected chi connectivity index (χ1v) is 7.68. The molecule has 0 radical (unpaired) electrons. The van der Waals surface area contributed by atoms with Gasteiger partial charge in [0.1, 0.15) is 4.90 Å². The quantitative estimate of drug-likeness (QED) is 0.742. The second-order valence-electron chi connectivity index (χ2n) is 4.11. The Morgan fingerprint density at radius 1 is 1.37 bits per heavy atom. The van der Waals surface area contributed by atoms with E-state index in [9.17, 15) is 8.42 Å². The van der Waals surface area contributed by atoms with E-state index < -0.39 is 10.0 Å². The SMILES string of the molecule is Cc1[nH]nc(NS(=O)(=O)c2ccc(Br)cc2N)c1C. The molecule has 4 N–H and O–H groups in total. The monoisotopic (exact) mass is 344 g/mol. The van der Waals surface area contributed by atoms with Crippen molar-refractivity contribution in [3.8, 4) is 0 Å². The van der Waals surface area contributed by atoms with Crippen molar-refractivity contribution in [3.05, 3.63) is 33.9 Å². The molecule has 1 aromatic carbocycles. The van der Waals surface area contributed by atoms with E-state index >= 15 is 0 Å². The van der Waals surface area contributed by atoms with E-state index in [0.717, 1.165) is 15.7 Å². The van der Waals surface area contributed by atoms with Crippen LogP contribution in [0.15, 0.2) is 27.6 Å². The molecule has 19 heavy (non-hydrogen) atoms. The number of nitrogen functional groups attached to an aromatic ring is 1. The molecule has 0 atom stereocenters. The molecule has 2 rings (SSSR count). The summed E-state index contributed by atoms with van der Waals surface area (Å²) in [5, 5.41) is 6.63. The number of aromatic nitrogens is 2. The molecule has 6 nitrogen and oxygen atoms in total. The average Bonchev–Trinajstić information content (AvgIpc) is 2.60. The van der Waals surface area contributed by atoms with Crippen molar-refractivity contribution in [1.29, 1.82) is 0 Å². The van der Waals surface area contributed by atoms with Crippen LogP contribution < -0.4 is 10.5 Å². The Morgan fingerprint density at radius 3 is 2.58 bits per heavy atom. The first-order valence-electron chi connectivity index (χ1n) is 5.40. The highest BCUT2D eigenvalue weighted by Crippen LogP contribution is 2.25. The van der Waals surface area contributed by atoms with Gasteiger partial charge in [0.05, 0.1) is 5.69 Å². The number of halogens is 1. The molecule has 0 aliphatic heterocycles. The molecule has 0 unspecified atom stereocenters. The predicted octanol–water partition coefficient (Wildman–Crippen LogP) is 2.17. The van der Waals surface area contributed by atoms with E-state index in [1.165, 1.54) is 12.1 Å². The van der Waals surface area contributed by atoms with Crippen LogP contribution in [-0.2, 0) is 10.0 Å². The fourth-order valence-corrected chi connectivity index (χ4v) is 3.09. The maximum absolute atomic E-state index is 12.2. The molecule has 102 valence electrons. The second kappa shape index (κ2) is 4.86. The van der Waals surface area contributed by atoms with Gasteiger partial charge in [-0.3, -0.25) is 9.82 Å². The van der Waals surface area contributed by atoms with Gasteiger partial charge < -0.3 is 5.73 Å². The van der Waals surface area contributed by atoms with E-state index in [2.05, 4.69) is 30.8 Å². The number of nitrogens with two attached hydrogens (primary N) is 1. The summed E-state index contributed by atoms with van der Waals surface area (Å²) in [7, 11) is -3.75. The second-order valence-corrected chi connectivity index (χ2v) is 6.68. The molecule has 0 fully saturated rings. The number of benzene rings is 1. The molecular formula is C11H13BrN4O2S. The van der Waals surface area contributed by atoms with Gasteiger partial charge >= 0.3 is 0 Å². The molecule has 0 amide bonds. The van der Waals surface area contributed by atoms with Gasteiger partial charge in [0.2, 0.25) is 0 Å². The lowest BCUT2D eigenvalue weighted by atomic mass is 10.3. The molecule has 2 aromatic rings. The normalized spacial score (nSPS) is 11.5. The fourth-order valence-electron chi connectivity index (χ4n) is 1.53. The lowest BCUT2D eigenvalue weighted by Crippen LogP contribution is -2.15. The number of aryl methyl sites for hydroxylation is 1. The van der Waals surface area contributed by atoms with E-state index in [1.54, 1.807) is 13.0 Å². The van der Waals surface area contributed by atoms with Crippen LogP contribution in [0.5, 0.6) is 0 Å². The summed E-state index contributed by atoms with van der Waals surface area (Å²) in [6.45, 7) is 3.59. The third kappa shape index (κ3) is 2.74. The molecule has 8 heteroatoms.